The molecule has 3 N–H and O–H groups in total. The maximum Gasteiger partial charge on any atom is 0.123 e. The van der Waals surface area contributed by atoms with Crippen molar-refractivity contribution in [1.82, 2.24) is 4.98 Å². The summed E-state index contributed by atoms with van der Waals surface area (Å²) in [5.41, 5.74) is 5.96. The van der Waals surface area contributed by atoms with Crippen LogP contribution < -0.4 is 10.6 Å². The first-order chi connectivity index (χ1) is 7.57. The van der Waals surface area contributed by atoms with Crippen LogP contribution in [0, 0.1) is 0 Å². The summed E-state index contributed by atoms with van der Waals surface area (Å²) in [5.74, 6) is 0.528. The fraction of sp³-hybridized carbons (Fsp3) is 0.583. The van der Waals surface area contributed by atoms with Crippen LogP contribution in [0.4, 0.5) is 11.5 Å². The van der Waals surface area contributed by atoms with E-state index in [0.29, 0.717) is 12.4 Å². The molecule has 4 heteroatoms. The molecule has 1 saturated heterocycles. The molecule has 0 amide bonds. The second-order valence-electron chi connectivity index (χ2n) is 4.11. The predicted octanol–water partition coefficient (Wildman–Crippen LogP) is 1.65. The van der Waals surface area contributed by atoms with Crippen molar-refractivity contribution >= 4 is 11.5 Å². The van der Waals surface area contributed by atoms with Gasteiger partial charge in [0.2, 0.25) is 0 Å². The molecular weight excluding hydrogens is 202 g/mol. The summed E-state index contributed by atoms with van der Waals surface area (Å²) in [7, 11) is 0. The molecule has 0 bridgehead atoms. The lowest BCUT2D eigenvalue weighted by atomic mass is 10.1. The predicted molar refractivity (Wildman–Crippen MR) is 67.5 cm³/mol. The Morgan fingerprint density at radius 3 is 2.56 bits per heavy atom. The quantitative estimate of drug-likeness (QED) is 0.760. The van der Waals surface area contributed by atoms with Crippen molar-refractivity contribution in [3.63, 3.8) is 0 Å². The van der Waals surface area contributed by atoms with Crippen LogP contribution in [0.15, 0.2) is 18.3 Å². The van der Waals surface area contributed by atoms with Gasteiger partial charge in [-0.3, -0.25) is 0 Å². The molecule has 0 saturated carbocycles. The van der Waals surface area contributed by atoms with E-state index in [9.17, 15) is 5.11 Å². The lowest BCUT2D eigenvalue weighted by Gasteiger charge is -2.20. The van der Waals surface area contributed by atoms with E-state index in [1.165, 1.54) is 0 Å². The summed E-state index contributed by atoms with van der Waals surface area (Å²) in [4.78, 5) is 6.14. The van der Waals surface area contributed by atoms with Crippen LogP contribution in [0.3, 0.4) is 0 Å². The average Bonchev–Trinajstić information content (AvgIpc) is 2.63. The lowest BCUT2D eigenvalue weighted by molar-refractivity contribution is 0.0839. The zero-order valence-corrected chi connectivity index (χ0v) is 10.3. The average molecular weight is 223 g/mol. The summed E-state index contributed by atoms with van der Waals surface area (Å²) in [5, 5.41) is 9.79. The highest BCUT2D eigenvalue weighted by Gasteiger charge is 2.31. The first kappa shape index (κ1) is 12.8. The van der Waals surface area contributed by atoms with Gasteiger partial charge in [0, 0.05) is 13.1 Å². The number of aliphatic hydroxyl groups is 1. The molecule has 1 aromatic rings. The van der Waals surface area contributed by atoms with Gasteiger partial charge in [-0.1, -0.05) is 13.8 Å². The van der Waals surface area contributed by atoms with E-state index in [0.717, 1.165) is 18.7 Å². The molecule has 1 aliphatic rings. The Bertz CT molecular complexity index is 322. The largest absolute Gasteiger partial charge is 0.388 e. The molecule has 2 heterocycles. The van der Waals surface area contributed by atoms with Crippen LogP contribution in [0.1, 0.15) is 27.2 Å². The molecule has 1 aliphatic heterocycles. The molecule has 2 rings (SSSR count). The fourth-order valence-electron chi connectivity index (χ4n) is 1.75. The molecule has 1 aromatic heterocycles. The second-order valence-corrected chi connectivity index (χ2v) is 4.11. The van der Waals surface area contributed by atoms with E-state index in [-0.39, 0.29) is 0 Å². The Kier molecular flexibility index (Phi) is 4.12. The van der Waals surface area contributed by atoms with Crippen LogP contribution in [-0.2, 0) is 0 Å². The molecule has 0 aromatic carbocycles. The number of rotatable bonds is 1. The van der Waals surface area contributed by atoms with Gasteiger partial charge in [0.1, 0.15) is 5.82 Å². The highest BCUT2D eigenvalue weighted by atomic mass is 16.3. The summed E-state index contributed by atoms with van der Waals surface area (Å²) in [6, 6.07) is 3.71. The number of nitrogen functional groups attached to an aromatic ring is 1. The number of pyridine rings is 1. The first-order valence-electron chi connectivity index (χ1n) is 5.76. The molecule has 4 nitrogen and oxygen atoms in total. The third-order valence-corrected chi connectivity index (χ3v) is 2.59. The lowest BCUT2D eigenvalue weighted by Crippen LogP contribution is -2.29. The monoisotopic (exact) mass is 223 g/mol. The molecule has 0 spiro atoms. The minimum atomic E-state index is -0.568. The van der Waals surface area contributed by atoms with Crippen LogP contribution in [0.5, 0.6) is 0 Å². The second kappa shape index (κ2) is 5.16. The molecule has 16 heavy (non-hydrogen) atoms. The van der Waals surface area contributed by atoms with Crippen molar-refractivity contribution in [3.8, 4) is 0 Å². The molecule has 0 radical (unpaired) electrons. The molecule has 1 unspecified atom stereocenters. The summed E-state index contributed by atoms with van der Waals surface area (Å²) >= 11 is 0. The van der Waals surface area contributed by atoms with Gasteiger partial charge in [-0.25, -0.2) is 4.98 Å². The van der Waals surface area contributed by atoms with Gasteiger partial charge in [-0.15, -0.1) is 0 Å². The number of hydrogen-bond donors (Lipinski definition) is 2. The normalized spacial score (nSPS) is 23.9. The van der Waals surface area contributed by atoms with E-state index in [1.807, 2.05) is 26.8 Å². The highest BCUT2D eigenvalue weighted by molar-refractivity contribution is 5.49. The van der Waals surface area contributed by atoms with Crippen molar-refractivity contribution in [1.29, 1.82) is 0 Å². The topological polar surface area (TPSA) is 62.4 Å². The van der Waals surface area contributed by atoms with Crippen molar-refractivity contribution in [2.45, 2.75) is 32.8 Å². The van der Waals surface area contributed by atoms with E-state index in [2.05, 4.69) is 9.88 Å². The third-order valence-electron chi connectivity index (χ3n) is 2.59. The fourth-order valence-corrected chi connectivity index (χ4v) is 1.75. The molecule has 90 valence electrons. The van der Waals surface area contributed by atoms with E-state index in [1.54, 1.807) is 12.3 Å². The van der Waals surface area contributed by atoms with Crippen molar-refractivity contribution in [2.24, 2.45) is 0 Å². The van der Waals surface area contributed by atoms with Gasteiger partial charge < -0.3 is 15.7 Å². The Hall–Kier alpha value is -1.29. The van der Waals surface area contributed by atoms with Gasteiger partial charge >= 0.3 is 0 Å². The van der Waals surface area contributed by atoms with Gasteiger partial charge in [-0.2, -0.15) is 0 Å². The summed E-state index contributed by atoms with van der Waals surface area (Å²) < 4.78 is 0. The zero-order chi connectivity index (χ0) is 12.2. The Balaban J connectivity index is 0.000000606. The molecule has 0 aliphatic carbocycles. The van der Waals surface area contributed by atoms with Gasteiger partial charge in [-0.05, 0) is 25.5 Å². The SMILES string of the molecule is CC.CC1(O)CCN(c2ccc(N)nc2)C1. The van der Waals surface area contributed by atoms with Crippen molar-refractivity contribution in [3.05, 3.63) is 18.3 Å². The van der Waals surface area contributed by atoms with Crippen LogP contribution in [0.25, 0.3) is 0 Å². The number of nitrogens with two attached hydrogens (primary N) is 1. The number of nitrogens with zero attached hydrogens (tertiary/aromatic N) is 2. The number of β-amino-alcohol motifs (C(OH)–C–C–N with tert-alkyl or cyclic N) is 1. The Morgan fingerprint density at radius 1 is 1.44 bits per heavy atom. The standard InChI is InChI=1S/C10H15N3O.C2H6/c1-10(14)4-5-13(7-10)8-2-3-9(11)12-6-8;1-2/h2-3,6,14H,4-5,7H2,1H3,(H2,11,12);1-2H3. The van der Waals surface area contributed by atoms with Crippen LogP contribution in [0.2, 0.25) is 0 Å². The zero-order valence-electron chi connectivity index (χ0n) is 10.3. The smallest absolute Gasteiger partial charge is 0.123 e. The number of aromatic nitrogens is 1. The maximum atomic E-state index is 9.79. The van der Waals surface area contributed by atoms with Gasteiger partial charge in [0.05, 0.1) is 17.5 Å². The minimum Gasteiger partial charge on any atom is -0.388 e. The number of hydrogen-bond acceptors (Lipinski definition) is 4. The third kappa shape index (κ3) is 3.10. The van der Waals surface area contributed by atoms with Gasteiger partial charge in [0.15, 0.2) is 0 Å². The first-order valence-corrected chi connectivity index (χ1v) is 5.76. The molecule has 1 atom stereocenters. The molecule has 1 fully saturated rings. The minimum absolute atomic E-state index is 0.528. The number of anilines is 2. The summed E-state index contributed by atoms with van der Waals surface area (Å²) in [6.45, 7) is 7.40. The Labute approximate surface area is 97.1 Å². The van der Waals surface area contributed by atoms with E-state index < -0.39 is 5.60 Å². The maximum absolute atomic E-state index is 9.79. The highest BCUT2D eigenvalue weighted by Crippen LogP contribution is 2.25. The summed E-state index contributed by atoms with van der Waals surface area (Å²) in [6.07, 6.45) is 2.55. The van der Waals surface area contributed by atoms with E-state index >= 15 is 0 Å². The van der Waals surface area contributed by atoms with E-state index in [4.69, 9.17) is 5.73 Å². The Morgan fingerprint density at radius 2 is 2.12 bits per heavy atom. The molecular formula is C12H21N3O. The van der Waals surface area contributed by atoms with Gasteiger partial charge in [0.25, 0.3) is 0 Å². The van der Waals surface area contributed by atoms with Crippen LogP contribution in [-0.4, -0.2) is 28.8 Å². The van der Waals surface area contributed by atoms with Crippen molar-refractivity contribution < 1.29 is 5.11 Å². The van der Waals surface area contributed by atoms with Crippen molar-refractivity contribution in [2.75, 3.05) is 23.7 Å². The van der Waals surface area contributed by atoms with Crippen LogP contribution >= 0.6 is 0 Å².